The summed E-state index contributed by atoms with van der Waals surface area (Å²) in [6.07, 6.45) is 1.00. The van der Waals surface area contributed by atoms with Crippen LogP contribution < -0.4 is 9.47 Å². The molecule has 0 heterocycles. The van der Waals surface area contributed by atoms with Gasteiger partial charge in [0.15, 0.2) is 0 Å². The largest absolute Gasteiger partial charge is 0.493 e. The van der Waals surface area contributed by atoms with Crippen molar-refractivity contribution in [2.75, 3.05) is 23.9 Å². The maximum absolute atomic E-state index is 5.62. The van der Waals surface area contributed by atoms with Crippen molar-refractivity contribution in [2.24, 2.45) is 0 Å². The Balaban J connectivity index is 2.58. The Kier molecular flexibility index (Phi) is 7.81. The number of hydrogen-bond donors (Lipinski definition) is 0. The van der Waals surface area contributed by atoms with E-state index in [4.69, 9.17) is 9.47 Å². The Labute approximate surface area is 126 Å². The van der Waals surface area contributed by atoms with Crippen LogP contribution in [0.3, 0.4) is 0 Å². The number of rotatable bonds is 7. The molecule has 0 aliphatic carbocycles. The summed E-state index contributed by atoms with van der Waals surface area (Å²) in [6.45, 7) is 1.39. The molecule has 0 N–H and O–H groups in total. The molecule has 2 nitrogen and oxygen atoms in total. The van der Waals surface area contributed by atoms with E-state index in [0.717, 1.165) is 38.8 Å². The highest BCUT2D eigenvalue weighted by Crippen LogP contribution is 2.24. The van der Waals surface area contributed by atoms with Crippen LogP contribution in [0.1, 0.15) is 6.42 Å². The van der Waals surface area contributed by atoms with Crippen LogP contribution in [0.25, 0.3) is 0 Å². The SMILES string of the molecule is BrCCCOc1cc(I)cc(OCCBr)c1. The van der Waals surface area contributed by atoms with Gasteiger partial charge in [0.1, 0.15) is 11.5 Å². The van der Waals surface area contributed by atoms with E-state index in [1.54, 1.807) is 0 Å². The van der Waals surface area contributed by atoms with Crippen LogP contribution in [0.2, 0.25) is 0 Å². The van der Waals surface area contributed by atoms with Crippen molar-refractivity contribution < 1.29 is 9.47 Å². The summed E-state index contributed by atoms with van der Waals surface area (Å²) in [5.41, 5.74) is 0. The smallest absolute Gasteiger partial charge is 0.124 e. The van der Waals surface area contributed by atoms with Gasteiger partial charge in [-0.15, -0.1) is 0 Å². The van der Waals surface area contributed by atoms with Crippen molar-refractivity contribution >= 4 is 54.5 Å². The van der Waals surface area contributed by atoms with Crippen LogP contribution in [0.15, 0.2) is 18.2 Å². The molecule has 0 radical (unpaired) electrons. The van der Waals surface area contributed by atoms with Gasteiger partial charge in [0, 0.05) is 20.3 Å². The highest BCUT2D eigenvalue weighted by molar-refractivity contribution is 14.1. The lowest BCUT2D eigenvalue weighted by molar-refractivity contribution is 0.310. The van der Waals surface area contributed by atoms with E-state index in [0.29, 0.717) is 6.61 Å². The molecule has 0 aliphatic heterocycles. The van der Waals surface area contributed by atoms with Gasteiger partial charge >= 0.3 is 0 Å². The third kappa shape index (κ3) is 5.72. The third-order valence-electron chi connectivity index (χ3n) is 1.74. The zero-order chi connectivity index (χ0) is 11.8. The molecule has 0 unspecified atom stereocenters. The summed E-state index contributed by atoms with van der Waals surface area (Å²) in [5.74, 6) is 1.73. The fourth-order valence-electron chi connectivity index (χ4n) is 1.10. The van der Waals surface area contributed by atoms with Gasteiger partial charge in [-0.3, -0.25) is 0 Å². The molecule has 0 fully saturated rings. The highest BCUT2D eigenvalue weighted by Gasteiger charge is 2.01. The van der Waals surface area contributed by atoms with Crippen molar-refractivity contribution in [3.63, 3.8) is 0 Å². The fraction of sp³-hybridized carbons (Fsp3) is 0.455. The number of ether oxygens (including phenoxy) is 2. The predicted octanol–water partition coefficient (Wildman–Crippen LogP) is 4.23. The van der Waals surface area contributed by atoms with Gasteiger partial charge in [0.25, 0.3) is 0 Å². The summed E-state index contributed by atoms with van der Waals surface area (Å²) in [4.78, 5) is 0. The van der Waals surface area contributed by atoms with E-state index >= 15 is 0 Å². The van der Waals surface area contributed by atoms with E-state index in [2.05, 4.69) is 54.5 Å². The number of alkyl halides is 2. The molecular formula is C11H13Br2IO2. The van der Waals surface area contributed by atoms with Crippen LogP contribution >= 0.6 is 54.5 Å². The van der Waals surface area contributed by atoms with Gasteiger partial charge in [0.05, 0.1) is 13.2 Å². The molecule has 0 amide bonds. The molecule has 0 atom stereocenters. The summed E-state index contributed by atoms with van der Waals surface area (Å²) < 4.78 is 12.3. The molecule has 0 aromatic heterocycles. The molecule has 1 rings (SSSR count). The molecule has 16 heavy (non-hydrogen) atoms. The van der Waals surface area contributed by atoms with E-state index in [1.165, 1.54) is 0 Å². The van der Waals surface area contributed by atoms with E-state index < -0.39 is 0 Å². The lowest BCUT2D eigenvalue weighted by atomic mass is 10.3. The second kappa shape index (κ2) is 8.58. The lowest BCUT2D eigenvalue weighted by Crippen LogP contribution is -2.01. The van der Waals surface area contributed by atoms with Gasteiger partial charge in [-0.1, -0.05) is 31.9 Å². The van der Waals surface area contributed by atoms with Gasteiger partial charge in [-0.05, 0) is 41.1 Å². The number of halogens is 3. The van der Waals surface area contributed by atoms with Crippen molar-refractivity contribution in [3.05, 3.63) is 21.8 Å². The maximum Gasteiger partial charge on any atom is 0.124 e. The Morgan fingerprint density at radius 1 is 0.938 bits per heavy atom. The number of hydrogen-bond acceptors (Lipinski definition) is 2. The standard InChI is InChI=1S/C11H13Br2IO2/c12-2-1-4-15-10-6-9(14)7-11(8-10)16-5-3-13/h6-8H,1-5H2. The molecule has 0 bridgehead atoms. The van der Waals surface area contributed by atoms with E-state index in [9.17, 15) is 0 Å². The lowest BCUT2D eigenvalue weighted by Gasteiger charge is -2.09. The summed E-state index contributed by atoms with van der Waals surface area (Å²) >= 11 is 8.97. The third-order valence-corrected chi connectivity index (χ3v) is 3.24. The van der Waals surface area contributed by atoms with Gasteiger partial charge in [-0.2, -0.15) is 0 Å². The summed E-state index contributed by atoms with van der Waals surface area (Å²) in [7, 11) is 0. The van der Waals surface area contributed by atoms with Gasteiger partial charge in [0.2, 0.25) is 0 Å². The molecule has 1 aromatic carbocycles. The van der Waals surface area contributed by atoms with Crippen LogP contribution in [0.5, 0.6) is 11.5 Å². The van der Waals surface area contributed by atoms with Crippen molar-refractivity contribution in [1.29, 1.82) is 0 Å². The molecular weight excluding hydrogens is 451 g/mol. The Morgan fingerprint density at radius 3 is 2.12 bits per heavy atom. The topological polar surface area (TPSA) is 18.5 Å². The van der Waals surface area contributed by atoms with Crippen molar-refractivity contribution in [2.45, 2.75) is 6.42 Å². The van der Waals surface area contributed by atoms with Crippen LogP contribution in [-0.4, -0.2) is 23.9 Å². The average Bonchev–Trinajstić information content (AvgIpc) is 2.26. The first-order valence-electron chi connectivity index (χ1n) is 4.94. The van der Waals surface area contributed by atoms with E-state index in [1.807, 2.05) is 18.2 Å². The number of benzene rings is 1. The van der Waals surface area contributed by atoms with Crippen LogP contribution in [0.4, 0.5) is 0 Å². The molecule has 0 spiro atoms. The first-order chi connectivity index (χ1) is 7.76. The molecule has 0 saturated heterocycles. The fourth-order valence-corrected chi connectivity index (χ4v) is 2.11. The molecule has 5 heteroatoms. The first kappa shape index (κ1) is 14.6. The zero-order valence-corrected chi connectivity index (χ0v) is 14.0. The van der Waals surface area contributed by atoms with Crippen LogP contribution in [0, 0.1) is 3.57 Å². The molecule has 0 aliphatic rings. The molecule has 1 aromatic rings. The highest BCUT2D eigenvalue weighted by atomic mass is 127. The minimum Gasteiger partial charge on any atom is -0.493 e. The average molecular weight is 464 g/mol. The Morgan fingerprint density at radius 2 is 1.56 bits per heavy atom. The van der Waals surface area contributed by atoms with Crippen molar-refractivity contribution in [3.8, 4) is 11.5 Å². The minimum absolute atomic E-state index is 0.668. The van der Waals surface area contributed by atoms with Gasteiger partial charge < -0.3 is 9.47 Å². The quantitative estimate of drug-likeness (QED) is 0.342. The predicted molar refractivity (Wildman–Crippen MR) is 82.4 cm³/mol. The molecule has 0 saturated carbocycles. The van der Waals surface area contributed by atoms with Gasteiger partial charge in [-0.25, -0.2) is 0 Å². The van der Waals surface area contributed by atoms with Crippen molar-refractivity contribution in [1.82, 2.24) is 0 Å². The van der Waals surface area contributed by atoms with E-state index in [-0.39, 0.29) is 0 Å². The first-order valence-corrected chi connectivity index (χ1v) is 8.26. The summed E-state index contributed by atoms with van der Waals surface area (Å²) in [6, 6.07) is 5.94. The monoisotopic (exact) mass is 462 g/mol. The minimum atomic E-state index is 0.668. The van der Waals surface area contributed by atoms with Crippen LogP contribution in [-0.2, 0) is 0 Å². The Hall–Kier alpha value is 0.510. The Bertz CT molecular complexity index is 321. The maximum atomic E-state index is 5.62. The second-order valence-electron chi connectivity index (χ2n) is 3.05. The molecule has 90 valence electrons. The normalized spacial score (nSPS) is 10.2. The zero-order valence-electron chi connectivity index (χ0n) is 8.72. The second-order valence-corrected chi connectivity index (χ2v) is 5.88. The summed E-state index contributed by atoms with van der Waals surface area (Å²) in [5, 5.41) is 1.79.